The molecule has 2 aromatic heterocycles. The Morgan fingerprint density at radius 1 is 1.00 bits per heavy atom. The smallest absolute Gasteiger partial charge is 0.324 e. The number of primary amides is 1. The largest absolute Gasteiger partial charge is 0.437 e. The fourth-order valence-corrected chi connectivity index (χ4v) is 4.66. The zero-order valence-corrected chi connectivity index (χ0v) is 26.4. The Hall–Kier alpha value is -5.57. The second-order valence-electron chi connectivity index (χ2n) is 10.4. The molecule has 0 saturated carbocycles. The Morgan fingerprint density at radius 2 is 1.76 bits per heavy atom. The normalized spacial score (nSPS) is 10.7. The van der Waals surface area contributed by atoms with Crippen LogP contribution in [0, 0.1) is 19.3 Å². The van der Waals surface area contributed by atoms with Crippen molar-refractivity contribution in [3.05, 3.63) is 105 Å². The number of carbonyl (C=O) groups excluding carboxylic acids is 2. The minimum absolute atomic E-state index is 0.0483. The molecule has 0 aliphatic carbocycles. The van der Waals surface area contributed by atoms with E-state index in [0.717, 1.165) is 16.9 Å². The van der Waals surface area contributed by atoms with Gasteiger partial charge in [0.05, 0.1) is 22.1 Å². The second-order valence-corrected chi connectivity index (χ2v) is 11.2. The SMILES string of the molecule is C#Cc1cc(Nc2nccc(Oc3ccc(NC(=O)Nc4cc(C(C)C)nn4-c4ccc(C)cc4)c(Cl)c3Cl)n2)cc(C(N)=O)c1. The van der Waals surface area contributed by atoms with E-state index in [4.69, 9.17) is 40.1 Å². The Balaban J connectivity index is 1.30. The van der Waals surface area contributed by atoms with E-state index in [2.05, 4.69) is 36.9 Å². The third-order valence-corrected chi connectivity index (χ3v) is 7.48. The molecule has 0 fully saturated rings. The van der Waals surface area contributed by atoms with Gasteiger partial charge in [-0.25, -0.2) is 14.5 Å². The fourth-order valence-electron chi connectivity index (χ4n) is 4.26. The average molecular weight is 656 g/mol. The minimum atomic E-state index is -0.630. The van der Waals surface area contributed by atoms with Crippen LogP contribution >= 0.6 is 23.2 Å². The van der Waals surface area contributed by atoms with Gasteiger partial charge in [0.15, 0.2) is 0 Å². The highest BCUT2D eigenvalue weighted by atomic mass is 35.5. The molecule has 0 aliphatic heterocycles. The number of nitrogens with two attached hydrogens (primary N) is 1. The van der Waals surface area contributed by atoms with Crippen LogP contribution in [0.25, 0.3) is 5.69 Å². The van der Waals surface area contributed by atoms with E-state index in [0.29, 0.717) is 17.1 Å². The van der Waals surface area contributed by atoms with Crippen LogP contribution in [-0.2, 0) is 0 Å². The van der Waals surface area contributed by atoms with Crippen molar-refractivity contribution in [1.29, 1.82) is 0 Å². The Morgan fingerprint density at radius 3 is 2.46 bits per heavy atom. The van der Waals surface area contributed by atoms with Crippen LogP contribution in [0.15, 0.2) is 72.9 Å². The maximum atomic E-state index is 13.1. The number of urea groups is 1. The number of amides is 3. The molecule has 3 aromatic carbocycles. The van der Waals surface area contributed by atoms with Gasteiger partial charge in [0.2, 0.25) is 17.7 Å². The molecule has 0 aliphatic rings. The minimum Gasteiger partial charge on any atom is -0.437 e. The molecule has 0 saturated heterocycles. The summed E-state index contributed by atoms with van der Waals surface area (Å²) in [4.78, 5) is 33.3. The lowest BCUT2D eigenvalue weighted by atomic mass is 10.1. The first-order valence-electron chi connectivity index (χ1n) is 13.9. The van der Waals surface area contributed by atoms with Crippen LogP contribution in [0.5, 0.6) is 11.6 Å². The summed E-state index contributed by atoms with van der Waals surface area (Å²) >= 11 is 13.1. The number of benzene rings is 3. The topological polar surface area (TPSA) is 149 Å². The molecule has 46 heavy (non-hydrogen) atoms. The van der Waals surface area contributed by atoms with E-state index in [-0.39, 0.29) is 44.8 Å². The number of ether oxygens (including phenoxy) is 1. The van der Waals surface area contributed by atoms with Crippen LogP contribution in [-0.4, -0.2) is 31.7 Å². The second kappa shape index (κ2) is 13.6. The molecule has 0 radical (unpaired) electrons. The Bertz CT molecular complexity index is 1980. The van der Waals surface area contributed by atoms with Gasteiger partial charge >= 0.3 is 6.03 Å². The molecule has 0 spiro atoms. The van der Waals surface area contributed by atoms with E-state index in [1.165, 1.54) is 24.4 Å². The van der Waals surface area contributed by atoms with Crippen LogP contribution in [0.1, 0.15) is 46.9 Å². The first-order valence-corrected chi connectivity index (χ1v) is 14.7. The quantitative estimate of drug-likeness (QED) is 0.119. The van der Waals surface area contributed by atoms with Crippen molar-refractivity contribution < 1.29 is 14.3 Å². The van der Waals surface area contributed by atoms with Gasteiger partial charge in [-0.2, -0.15) is 10.1 Å². The van der Waals surface area contributed by atoms with Gasteiger partial charge in [0.1, 0.15) is 16.6 Å². The van der Waals surface area contributed by atoms with E-state index in [1.54, 1.807) is 22.9 Å². The molecule has 11 nitrogen and oxygen atoms in total. The van der Waals surface area contributed by atoms with Gasteiger partial charge in [-0.15, -0.1) is 6.42 Å². The summed E-state index contributed by atoms with van der Waals surface area (Å²) in [5.74, 6) is 2.96. The van der Waals surface area contributed by atoms with Gasteiger partial charge < -0.3 is 21.1 Å². The van der Waals surface area contributed by atoms with Crippen molar-refractivity contribution >= 4 is 58.3 Å². The predicted octanol–water partition coefficient (Wildman–Crippen LogP) is 7.66. The molecule has 2 heterocycles. The molecular formula is C33H28Cl2N8O3. The molecule has 0 unspecified atom stereocenters. The summed E-state index contributed by atoms with van der Waals surface area (Å²) in [6.07, 6.45) is 6.96. The maximum absolute atomic E-state index is 13.1. The number of rotatable bonds is 9. The molecule has 13 heteroatoms. The Labute approximate surface area is 275 Å². The van der Waals surface area contributed by atoms with Crippen molar-refractivity contribution in [2.24, 2.45) is 5.73 Å². The number of anilines is 4. The fraction of sp³-hybridized carbons (Fsp3) is 0.121. The Kier molecular flexibility index (Phi) is 9.42. The number of aromatic nitrogens is 4. The van der Waals surface area contributed by atoms with Crippen molar-refractivity contribution in [1.82, 2.24) is 19.7 Å². The van der Waals surface area contributed by atoms with E-state index >= 15 is 0 Å². The van der Waals surface area contributed by atoms with Crippen LogP contribution < -0.4 is 26.4 Å². The van der Waals surface area contributed by atoms with E-state index in [9.17, 15) is 9.59 Å². The molecule has 5 aromatic rings. The average Bonchev–Trinajstić information content (AvgIpc) is 3.45. The highest BCUT2D eigenvalue weighted by Gasteiger charge is 2.18. The number of carbonyl (C=O) groups is 2. The summed E-state index contributed by atoms with van der Waals surface area (Å²) in [5.41, 5.74) is 9.53. The van der Waals surface area contributed by atoms with Gasteiger partial charge in [-0.05, 0) is 55.3 Å². The molecule has 232 valence electrons. The summed E-state index contributed by atoms with van der Waals surface area (Å²) in [7, 11) is 0. The first-order chi connectivity index (χ1) is 22.0. The highest BCUT2D eigenvalue weighted by molar-refractivity contribution is 6.45. The van der Waals surface area contributed by atoms with Crippen LogP contribution in [0.3, 0.4) is 0 Å². The van der Waals surface area contributed by atoms with Crippen LogP contribution in [0.2, 0.25) is 10.0 Å². The zero-order chi connectivity index (χ0) is 33.0. The summed E-state index contributed by atoms with van der Waals surface area (Å²) in [5, 5.41) is 13.3. The van der Waals surface area contributed by atoms with Crippen molar-refractivity contribution in [2.45, 2.75) is 26.7 Å². The molecule has 5 N–H and O–H groups in total. The summed E-state index contributed by atoms with van der Waals surface area (Å²) < 4.78 is 7.55. The number of nitrogens with zero attached hydrogens (tertiary/aromatic N) is 4. The number of nitrogens with one attached hydrogen (secondary N) is 3. The molecule has 5 rings (SSSR count). The predicted molar refractivity (Wildman–Crippen MR) is 180 cm³/mol. The van der Waals surface area contributed by atoms with Gasteiger partial charge in [-0.1, -0.05) is 60.7 Å². The van der Waals surface area contributed by atoms with Crippen molar-refractivity contribution in [3.8, 4) is 29.7 Å². The van der Waals surface area contributed by atoms with Gasteiger partial charge in [0.25, 0.3) is 0 Å². The third kappa shape index (κ3) is 7.38. The lowest BCUT2D eigenvalue weighted by Crippen LogP contribution is -2.21. The number of aryl methyl sites for hydroxylation is 1. The standard InChI is InChI=1S/C33H28Cl2N8O3/c1-5-20-14-21(31(36)44)16-22(15-20)38-32-37-13-12-28(41-32)46-26-11-10-24(29(34)30(26)35)39-33(45)40-27-17-25(18(2)3)42-43(27)23-8-6-19(4)7-9-23/h1,6-18H,2-4H3,(H2,36,44)(H,37,38,41)(H2,39,40,45). The molecular weight excluding hydrogens is 627 g/mol. The first kappa shape index (κ1) is 31.8. The number of hydrogen-bond donors (Lipinski definition) is 4. The van der Waals surface area contributed by atoms with Crippen LogP contribution in [0.4, 0.5) is 27.9 Å². The van der Waals surface area contributed by atoms with Gasteiger partial charge in [-0.3, -0.25) is 10.1 Å². The van der Waals surface area contributed by atoms with E-state index < -0.39 is 11.9 Å². The number of hydrogen-bond acceptors (Lipinski definition) is 7. The lowest BCUT2D eigenvalue weighted by Gasteiger charge is -2.14. The van der Waals surface area contributed by atoms with E-state index in [1.807, 2.05) is 51.1 Å². The maximum Gasteiger partial charge on any atom is 0.324 e. The monoisotopic (exact) mass is 654 g/mol. The third-order valence-electron chi connectivity index (χ3n) is 6.62. The molecule has 3 amide bonds. The summed E-state index contributed by atoms with van der Waals surface area (Å²) in [6.45, 7) is 6.04. The van der Waals surface area contributed by atoms with Crippen molar-refractivity contribution in [2.75, 3.05) is 16.0 Å². The number of halogens is 2. The number of terminal acetylenes is 1. The molecule has 0 atom stereocenters. The lowest BCUT2D eigenvalue weighted by molar-refractivity contribution is 0.1000. The van der Waals surface area contributed by atoms with Gasteiger partial charge in [0, 0.05) is 35.1 Å². The van der Waals surface area contributed by atoms with Crippen molar-refractivity contribution in [3.63, 3.8) is 0 Å². The zero-order valence-electron chi connectivity index (χ0n) is 24.9. The highest BCUT2D eigenvalue weighted by Crippen LogP contribution is 2.39. The summed E-state index contributed by atoms with van der Waals surface area (Å²) in [6, 6.07) is 18.4. The molecule has 0 bridgehead atoms.